The van der Waals surface area contributed by atoms with Crippen molar-refractivity contribution in [1.29, 1.82) is 0 Å². The molecule has 138 valence electrons. The number of piperidine rings is 1. The number of nitrogens with zero attached hydrogens (tertiary/aromatic N) is 4. The molecule has 3 N–H and O–H groups in total. The lowest BCUT2D eigenvalue weighted by Crippen LogP contribution is -2.48. The Hall–Kier alpha value is -1.43. The summed E-state index contributed by atoms with van der Waals surface area (Å²) in [6.07, 6.45) is 11.7. The van der Waals surface area contributed by atoms with Gasteiger partial charge in [0.15, 0.2) is 0 Å². The summed E-state index contributed by atoms with van der Waals surface area (Å²) < 4.78 is 0. The van der Waals surface area contributed by atoms with E-state index in [9.17, 15) is 0 Å². The van der Waals surface area contributed by atoms with Crippen LogP contribution in [-0.4, -0.2) is 45.0 Å². The van der Waals surface area contributed by atoms with Crippen LogP contribution in [0, 0.1) is 5.92 Å². The van der Waals surface area contributed by atoms with Crippen LogP contribution >= 0.6 is 0 Å². The maximum atomic E-state index is 5.96. The maximum absolute atomic E-state index is 5.96. The Labute approximate surface area is 151 Å². The molecule has 2 atom stereocenters. The van der Waals surface area contributed by atoms with E-state index in [1.165, 1.54) is 70.9 Å². The van der Waals surface area contributed by atoms with Crippen molar-refractivity contribution in [3.8, 4) is 0 Å². The van der Waals surface area contributed by atoms with Gasteiger partial charge in [-0.1, -0.05) is 19.3 Å². The summed E-state index contributed by atoms with van der Waals surface area (Å²) in [7, 11) is 0. The molecule has 3 aliphatic rings. The van der Waals surface area contributed by atoms with Crippen molar-refractivity contribution >= 4 is 11.9 Å². The fourth-order valence-corrected chi connectivity index (χ4v) is 4.69. The van der Waals surface area contributed by atoms with Gasteiger partial charge in [0.1, 0.15) is 5.82 Å². The van der Waals surface area contributed by atoms with Crippen LogP contribution in [0.3, 0.4) is 0 Å². The molecule has 0 radical (unpaired) electrons. The van der Waals surface area contributed by atoms with E-state index < -0.39 is 0 Å². The van der Waals surface area contributed by atoms with E-state index in [4.69, 9.17) is 10.7 Å². The number of rotatable bonds is 5. The zero-order valence-corrected chi connectivity index (χ0v) is 15.5. The molecule has 1 saturated heterocycles. The van der Waals surface area contributed by atoms with E-state index in [2.05, 4.69) is 27.1 Å². The van der Waals surface area contributed by atoms with Crippen LogP contribution < -0.4 is 11.1 Å². The summed E-state index contributed by atoms with van der Waals surface area (Å²) in [6.45, 7) is 4.75. The molecule has 2 heterocycles. The van der Waals surface area contributed by atoms with Gasteiger partial charge in [0.05, 0.1) is 0 Å². The van der Waals surface area contributed by atoms with Crippen LogP contribution in [0.25, 0.3) is 0 Å². The van der Waals surface area contributed by atoms with Gasteiger partial charge in [-0.15, -0.1) is 0 Å². The predicted molar refractivity (Wildman–Crippen MR) is 100 cm³/mol. The molecule has 0 amide bonds. The van der Waals surface area contributed by atoms with Crippen LogP contribution in [-0.2, 0) is 0 Å². The van der Waals surface area contributed by atoms with Gasteiger partial charge in [0, 0.05) is 24.5 Å². The number of nitrogens with two attached hydrogens (primary N) is 1. The van der Waals surface area contributed by atoms with Crippen molar-refractivity contribution < 1.29 is 0 Å². The summed E-state index contributed by atoms with van der Waals surface area (Å²) in [6, 6.07) is 1.21. The lowest BCUT2D eigenvalue weighted by molar-refractivity contribution is 0.0728. The number of anilines is 2. The molecule has 1 aliphatic heterocycles. The van der Waals surface area contributed by atoms with Gasteiger partial charge >= 0.3 is 0 Å². The second-order valence-corrected chi connectivity index (χ2v) is 8.27. The monoisotopic (exact) mass is 344 g/mol. The first-order chi connectivity index (χ1) is 12.2. The Kier molecular flexibility index (Phi) is 5.06. The minimum absolute atomic E-state index is 0.353. The van der Waals surface area contributed by atoms with Gasteiger partial charge < -0.3 is 16.0 Å². The van der Waals surface area contributed by atoms with Crippen molar-refractivity contribution in [3.05, 3.63) is 5.82 Å². The second kappa shape index (κ2) is 7.44. The molecule has 4 rings (SSSR count). The Bertz CT molecular complexity index is 581. The van der Waals surface area contributed by atoms with E-state index in [1.807, 2.05) is 0 Å². The summed E-state index contributed by atoms with van der Waals surface area (Å²) in [5.41, 5.74) is 5.96. The summed E-state index contributed by atoms with van der Waals surface area (Å²) in [5, 5.41) is 3.54. The zero-order chi connectivity index (χ0) is 17.2. The van der Waals surface area contributed by atoms with Crippen LogP contribution in [0.5, 0.6) is 0 Å². The summed E-state index contributed by atoms with van der Waals surface area (Å²) in [4.78, 5) is 16.2. The molecule has 2 saturated carbocycles. The highest BCUT2D eigenvalue weighted by Crippen LogP contribution is 2.33. The third-order valence-electron chi connectivity index (χ3n) is 6.53. The molecule has 1 aromatic heterocycles. The van der Waals surface area contributed by atoms with E-state index in [1.54, 1.807) is 0 Å². The zero-order valence-electron chi connectivity index (χ0n) is 15.5. The number of nitrogen functional groups attached to an aromatic ring is 1. The molecular formula is C19H32N6. The number of aromatic nitrogens is 3. The summed E-state index contributed by atoms with van der Waals surface area (Å²) in [5.74, 6) is 3.03. The molecule has 3 fully saturated rings. The van der Waals surface area contributed by atoms with Gasteiger partial charge in [-0.05, 0) is 57.9 Å². The van der Waals surface area contributed by atoms with E-state index in [-0.39, 0.29) is 0 Å². The highest BCUT2D eigenvalue weighted by molar-refractivity contribution is 5.33. The molecule has 0 spiro atoms. The Morgan fingerprint density at radius 2 is 1.80 bits per heavy atom. The van der Waals surface area contributed by atoms with E-state index >= 15 is 0 Å². The van der Waals surface area contributed by atoms with Crippen molar-refractivity contribution in [2.45, 2.75) is 82.7 Å². The van der Waals surface area contributed by atoms with Gasteiger partial charge in [0.2, 0.25) is 11.9 Å². The van der Waals surface area contributed by atoms with Crippen LogP contribution in [0.4, 0.5) is 11.9 Å². The first kappa shape index (κ1) is 17.0. The molecule has 6 heteroatoms. The Morgan fingerprint density at radius 1 is 1.00 bits per heavy atom. The lowest BCUT2D eigenvalue weighted by atomic mass is 9.86. The first-order valence-corrected chi connectivity index (χ1v) is 10.2. The largest absolute Gasteiger partial charge is 0.368 e. The molecule has 0 aromatic carbocycles. The van der Waals surface area contributed by atoms with Crippen LogP contribution in [0.2, 0.25) is 0 Å². The first-order valence-electron chi connectivity index (χ1n) is 10.2. The molecule has 0 bridgehead atoms. The van der Waals surface area contributed by atoms with Crippen molar-refractivity contribution in [2.24, 2.45) is 5.92 Å². The number of hydrogen-bond donors (Lipinski definition) is 2. The normalized spacial score (nSPS) is 27.2. The van der Waals surface area contributed by atoms with Gasteiger partial charge in [-0.3, -0.25) is 0 Å². The highest BCUT2D eigenvalue weighted by atomic mass is 15.2. The van der Waals surface area contributed by atoms with Gasteiger partial charge in [0.25, 0.3) is 0 Å². The topological polar surface area (TPSA) is 80.0 Å². The minimum Gasteiger partial charge on any atom is -0.368 e. The predicted octanol–water partition coefficient (Wildman–Crippen LogP) is 3.18. The summed E-state index contributed by atoms with van der Waals surface area (Å²) >= 11 is 0. The van der Waals surface area contributed by atoms with Gasteiger partial charge in [-0.25, -0.2) is 0 Å². The molecule has 6 nitrogen and oxygen atoms in total. The SMILES string of the molecule is CC(Nc1nc(N)nc(C2CCCC2)n1)C1CCCN(C2CCC2)C1. The number of likely N-dealkylation sites (tertiary alicyclic amines) is 1. The third kappa shape index (κ3) is 3.89. The minimum atomic E-state index is 0.353. The smallest absolute Gasteiger partial charge is 0.227 e. The van der Waals surface area contributed by atoms with Gasteiger partial charge in [-0.2, -0.15) is 15.0 Å². The van der Waals surface area contributed by atoms with E-state index in [0.717, 1.165) is 11.9 Å². The standard InChI is InChI=1S/C19H32N6/c1-13(15-8-5-11-25(12-15)16-9-4-10-16)21-19-23-17(22-18(20)24-19)14-6-2-3-7-14/h13-16H,2-12H2,1H3,(H3,20,21,22,23,24). The number of hydrogen-bond acceptors (Lipinski definition) is 6. The third-order valence-corrected chi connectivity index (χ3v) is 6.53. The fourth-order valence-electron chi connectivity index (χ4n) is 4.69. The van der Waals surface area contributed by atoms with Crippen LogP contribution in [0.1, 0.15) is 76.5 Å². The lowest BCUT2D eigenvalue weighted by Gasteiger charge is -2.43. The van der Waals surface area contributed by atoms with E-state index in [0.29, 0.717) is 29.8 Å². The van der Waals surface area contributed by atoms with Crippen molar-refractivity contribution in [2.75, 3.05) is 24.1 Å². The fraction of sp³-hybridized carbons (Fsp3) is 0.842. The average molecular weight is 345 g/mol. The van der Waals surface area contributed by atoms with Crippen molar-refractivity contribution in [1.82, 2.24) is 19.9 Å². The molecular weight excluding hydrogens is 312 g/mol. The quantitative estimate of drug-likeness (QED) is 0.854. The molecule has 1 aromatic rings. The average Bonchev–Trinajstić information content (AvgIpc) is 3.07. The highest BCUT2D eigenvalue weighted by Gasteiger charge is 2.32. The van der Waals surface area contributed by atoms with Crippen LogP contribution in [0.15, 0.2) is 0 Å². The number of nitrogens with one attached hydrogen (secondary N) is 1. The molecule has 2 aliphatic carbocycles. The Morgan fingerprint density at radius 3 is 2.52 bits per heavy atom. The van der Waals surface area contributed by atoms with Crippen molar-refractivity contribution in [3.63, 3.8) is 0 Å². The maximum Gasteiger partial charge on any atom is 0.227 e. The second-order valence-electron chi connectivity index (χ2n) is 8.27. The molecule has 25 heavy (non-hydrogen) atoms. The molecule has 2 unspecified atom stereocenters. The Balaban J connectivity index is 1.40.